The highest BCUT2D eigenvalue weighted by Crippen LogP contribution is 2.25. The van der Waals surface area contributed by atoms with Crippen LogP contribution in [0.15, 0.2) is 22.7 Å². The van der Waals surface area contributed by atoms with Crippen LogP contribution in [0.3, 0.4) is 0 Å². The minimum atomic E-state index is -0.449. The van der Waals surface area contributed by atoms with E-state index >= 15 is 0 Å². The zero-order chi connectivity index (χ0) is 14.9. The number of amides is 1. The molecule has 0 bridgehead atoms. The fourth-order valence-corrected chi connectivity index (χ4v) is 3.11. The lowest BCUT2D eigenvalue weighted by molar-refractivity contribution is 0.0940. The molecule has 1 amide bonds. The van der Waals surface area contributed by atoms with Crippen molar-refractivity contribution in [2.24, 2.45) is 0 Å². The van der Waals surface area contributed by atoms with E-state index in [1.54, 1.807) is 17.4 Å². The first-order valence-corrected chi connectivity index (χ1v) is 7.69. The predicted molar refractivity (Wildman–Crippen MR) is 81.6 cm³/mol. The minimum absolute atomic E-state index is 0.152. The SMILES string of the molecule is Cc1nc(C)c(C(C)NC(=O)c2ccc(Br)c(F)c2)s1. The highest BCUT2D eigenvalue weighted by molar-refractivity contribution is 9.10. The molecule has 1 heterocycles. The molecule has 1 aromatic carbocycles. The normalized spacial score (nSPS) is 12.2. The fraction of sp³-hybridized carbons (Fsp3) is 0.286. The van der Waals surface area contributed by atoms with E-state index in [0.717, 1.165) is 15.6 Å². The Morgan fingerprint density at radius 3 is 2.70 bits per heavy atom. The topological polar surface area (TPSA) is 42.0 Å². The number of hydrogen-bond acceptors (Lipinski definition) is 3. The van der Waals surface area contributed by atoms with Gasteiger partial charge in [0.05, 0.1) is 21.2 Å². The van der Waals surface area contributed by atoms with E-state index in [2.05, 4.69) is 26.2 Å². The first-order chi connectivity index (χ1) is 9.38. The van der Waals surface area contributed by atoms with Crippen LogP contribution in [0.1, 0.15) is 38.9 Å². The average molecular weight is 357 g/mol. The molecule has 1 atom stereocenters. The van der Waals surface area contributed by atoms with Crippen LogP contribution in [0.5, 0.6) is 0 Å². The first-order valence-electron chi connectivity index (χ1n) is 6.08. The molecule has 0 radical (unpaired) electrons. The van der Waals surface area contributed by atoms with Gasteiger partial charge in [-0.3, -0.25) is 4.79 Å². The maximum Gasteiger partial charge on any atom is 0.251 e. The van der Waals surface area contributed by atoms with Gasteiger partial charge < -0.3 is 5.32 Å². The minimum Gasteiger partial charge on any atom is -0.345 e. The number of aromatic nitrogens is 1. The zero-order valence-corrected chi connectivity index (χ0v) is 13.7. The van der Waals surface area contributed by atoms with Crippen molar-refractivity contribution in [2.45, 2.75) is 26.8 Å². The van der Waals surface area contributed by atoms with Crippen LogP contribution in [-0.2, 0) is 0 Å². The summed E-state index contributed by atoms with van der Waals surface area (Å²) in [6, 6.07) is 4.17. The van der Waals surface area contributed by atoms with Gasteiger partial charge in [-0.05, 0) is 54.9 Å². The lowest BCUT2D eigenvalue weighted by Gasteiger charge is -2.13. The van der Waals surface area contributed by atoms with Crippen molar-refractivity contribution in [2.75, 3.05) is 0 Å². The fourth-order valence-electron chi connectivity index (χ4n) is 1.93. The summed E-state index contributed by atoms with van der Waals surface area (Å²) < 4.78 is 13.8. The summed E-state index contributed by atoms with van der Waals surface area (Å²) in [4.78, 5) is 17.5. The second-order valence-corrected chi connectivity index (χ2v) is 6.60. The molecule has 2 aromatic rings. The van der Waals surface area contributed by atoms with Gasteiger partial charge in [-0.25, -0.2) is 9.37 Å². The molecule has 1 aromatic heterocycles. The first kappa shape index (κ1) is 15.1. The van der Waals surface area contributed by atoms with Crippen LogP contribution < -0.4 is 5.32 Å². The third-order valence-electron chi connectivity index (χ3n) is 2.86. The van der Waals surface area contributed by atoms with Crippen molar-refractivity contribution in [3.05, 3.63) is 49.6 Å². The Hall–Kier alpha value is -1.27. The van der Waals surface area contributed by atoms with E-state index in [4.69, 9.17) is 0 Å². The van der Waals surface area contributed by atoms with Gasteiger partial charge in [-0.1, -0.05) is 0 Å². The summed E-state index contributed by atoms with van der Waals surface area (Å²) in [5.74, 6) is -0.746. The summed E-state index contributed by atoms with van der Waals surface area (Å²) in [7, 11) is 0. The van der Waals surface area contributed by atoms with Crippen molar-refractivity contribution < 1.29 is 9.18 Å². The largest absolute Gasteiger partial charge is 0.345 e. The number of carbonyl (C=O) groups is 1. The molecule has 0 saturated heterocycles. The lowest BCUT2D eigenvalue weighted by Crippen LogP contribution is -2.26. The third kappa shape index (κ3) is 3.24. The highest BCUT2D eigenvalue weighted by Gasteiger charge is 2.17. The lowest BCUT2D eigenvalue weighted by atomic mass is 10.1. The quantitative estimate of drug-likeness (QED) is 0.897. The number of aryl methyl sites for hydroxylation is 2. The van der Waals surface area contributed by atoms with Crippen molar-refractivity contribution >= 4 is 33.2 Å². The maximum absolute atomic E-state index is 13.4. The molecule has 2 rings (SSSR count). The van der Waals surface area contributed by atoms with Crippen molar-refractivity contribution in [1.82, 2.24) is 10.3 Å². The number of hydrogen-bond donors (Lipinski definition) is 1. The molecule has 0 saturated carbocycles. The molecule has 0 spiro atoms. The van der Waals surface area contributed by atoms with Gasteiger partial charge in [0.1, 0.15) is 5.82 Å². The van der Waals surface area contributed by atoms with E-state index in [1.165, 1.54) is 12.1 Å². The molecule has 1 N–H and O–H groups in total. The molecular weight excluding hydrogens is 343 g/mol. The van der Waals surface area contributed by atoms with Crippen LogP contribution in [-0.4, -0.2) is 10.9 Å². The Labute approximate surface area is 129 Å². The van der Waals surface area contributed by atoms with Gasteiger partial charge in [-0.15, -0.1) is 11.3 Å². The predicted octanol–water partition coefficient (Wildman–Crippen LogP) is 4.15. The molecule has 6 heteroatoms. The molecule has 3 nitrogen and oxygen atoms in total. The number of thiazole rings is 1. The van der Waals surface area contributed by atoms with Crippen LogP contribution in [0.2, 0.25) is 0 Å². The number of rotatable bonds is 3. The van der Waals surface area contributed by atoms with Crippen molar-refractivity contribution in [3.8, 4) is 0 Å². The zero-order valence-electron chi connectivity index (χ0n) is 11.3. The van der Waals surface area contributed by atoms with Crippen LogP contribution >= 0.6 is 27.3 Å². The van der Waals surface area contributed by atoms with Gasteiger partial charge in [0.2, 0.25) is 0 Å². The number of carbonyl (C=O) groups excluding carboxylic acids is 1. The summed E-state index contributed by atoms with van der Waals surface area (Å²) in [6.07, 6.45) is 0. The molecule has 106 valence electrons. The van der Waals surface area contributed by atoms with Gasteiger partial charge >= 0.3 is 0 Å². The second-order valence-electron chi connectivity index (χ2n) is 4.51. The molecule has 0 fully saturated rings. The summed E-state index contributed by atoms with van der Waals surface area (Å²) in [5, 5.41) is 3.83. The highest BCUT2D eigenvalue weighted by atomic mass is 79.9. The Kier molecular flexibility index (Phi) is 4.55. The maximum atomic E-state index is 13.4. The molecule has 0 aliphatic heterocycles. The van der Waals surface area contributed by atoms with Gasteiger partial charge in [0.25, 0.3) is 5.91 Å². The summed E-state index contributed by atoms with van der Waals surface area (Å²) in [6.45, 7) is 5.74. The molecule has 0 aliphatic rings. The number of benzene rings is 1. The number of nitrogens with one attached hydrogen (secondary N) is 1. The second kappa shape index (κ2) is 6.01. The van der Waals surface area contributed by atoms with Crippen molar-refractivity contribution in [1.29, 1.82) is 0 Å². The van der Waals surface area contributed by atoms with E-state index in [9.17, 15) is 9.18 Å². The van der Waals surface area contributed by atoms with Crippen molar-refractivity contribution in [3.63, 3.8) is 0 Å². The molecule has 0 aliphatic carbocycles. The van der Waals surface area contributed by atoms with E-state index in [0.29, 0.717) is 10.0 Å². The van der Waals surface area contributed by atoms with Crippen LogP contribution in [0.4, 0.5) is 4.39 Å². The monoisotopic (exact) mass is 356 g/mol. The standard InChI is InChI=1S/C14H14BrFN2OS/c1-7-13(20-9(3)17-7)8(2)18-14(19)10-4-5-11(15)12(16)6-10/h4-6,8H,1-3H3,(H,18,19). The van der Waals surface area contributed by atoms with Crippen LogP contribution in [0.25, 0.3) is 0 Å². The molecule has 1 unspecified atom stereocenters. The Morgan fingerprint density at radius 2 is 2.15 bits per heavy atom. The Balaban J connectivity index is 2.15. The molecule has 20 heavy (non-hydrogen) atoms. The van der Waals surface area contributed by atoms with E-state index in [-0.39, 0.29) is 11.9 Å². The van der Waals surface area contributed by atoms with Gasteiger partial charge in [0.15, 0.2) is 0 Å². The van der Waals surface area contributed by atoms with E-state index in [1.807, 2.05) is 20.8 Å². The summed E-state index contributed by atoms with van der Waals surface area (Å²) in [5.41, 5.74) is 1.22. The number of nitrogens with zero attached hydrogens (tertiary/aromatic N) is 1. The Bertz CT molecular complexity index is 657. The molecular formula is C14H14BrFN2OS. The summed E-state index contributed by atoms with van der Waals surface area (Å²) >= 11 is 4.62. The van der Waals surface area contributed by atoms with Gasteiger partial charge in [0, 0.05) is 10.4 Å². The Morgan fingerprint density at radius 1 is 1.45 bits per heavy atom. The third-order valence-corrected chi connectivity index (χ3v) is 4.76. The smallest absolute Gasteiger partial charge is 0.251 e. The van der Waals surface area contributed by atoms with Gasteiger partial charge in [-0.2, -0.15) is 0 Å². The van der Waals surface area contributed by atoms with E-state index < -0.39 is 5.82 Å². The number of halogens is 2. The van der Waals surface area contributed by atoms with Crippen LogP contribution in [0, 0.1) is 19.7 Å². The average Bonchev–Trinajstić information content (AvgIpc) is 2.71.